The SMILES string of the molecule is Cc1ccc(S(=O)(=O)N2CCN(CC(=O)Nc3nc(-c4cccnc4)cs3)CC2)cc1. The monoisotopic (exact) mass is 457 g/mol. The van der Waals surface area contributed by atoms with Crippen LogP contribution in [0.5, 0.6) is 0 Å². The molecule has 1 aromatic carbocycles. The number of rotatable bonds is 6. The summed E-state index contributed by atoms with van der Waals surface area (Å²) < 4.78 is 27.1. The molecular formula is C21H23N5O3S2. The number of pyridine rings is 1. The standard InChI is InChI=1S/C21H23N5O3S2/c1-16-4-6-18(7-5-16)31(28,29)26-11-9-25(10-12-26)14-20(27)24-21-23-19(15-30-21)17-3-2-8-22-13-17/h2-8,13,15H,9-12,14H2,1H3,(H,23,24,27). The number of carbonyl (C=O) groups excluding carboxylic acids is 1. The number of aryl methyl sites for hydroxylation is 1. The minimum absolute atomic E-state index is 0.165. The van der Waals surface area contributed by atoms with Crippen LogP contribution in [0.2, 0.25) is 0 Å². The second kappa shape index (κ2) is 9.23. The Labute approximate surface area is 185 Å². The summed E-state index contributed by atoms with van der Waals surface area (Å²) in [5, 5.41) is 5.23. The van der Waals surface area contributed by atoms with E-state index in [2.05, 4.69) is 15.3 Å². The molecule has 3 aromatic rings. The van der Waals surface area contributed by atoms with E-state index in [0.717, 1.165) is 16.8 Å². The van der Waals surface area contributed by atoms with Crippen LogP contribution in [-0.2, 0) is 14.8 Å². The third-order valence-corrected chi connectivity index (χ3v) is 7.74. The van der Waals surface area contributed by atoms with Crippen molar-refractivity contribution in [3.63, 3.8) is 0 Å². The molecule has 10 heteroatoms. The van der Waals surface area contributed by atoms with Crippen LogP contribution in [0.1, 0.15) is 5.56 Å². The number of sulfonamides is 1. The van der Waals surface area contributed by atoms with Gasteiger partial charge in [-0.25, -0.2) is 13.4 Å². The molecule has 1 aliphatic heterocycles. The third-order valence-electron chi connectivity index (χ3n) is 5.07. The number of amides is 1. The van der Waals surface area contributed by atoms with E-state index in [-0.39, 0.29) is 12.5 Å². The Morgan fingerprint density at radius 3 is 2.55 bits per heavy atom. The largest absolute Gasteiger partial charge is 0.301 e. The Hall–Kier alpha value is -2.66. The van der Waals surface area contributed by atoms with Gasteiger partial charge in [-0.1, -0.05) is 17.7 Å². The number of aromatic nitrogens is 2. The second-order valence-electron chi connectivity index (χ2n) is 7.32. The fourth-order valence-corrected chi connectivity index (χ4v) is 5.49. The maximum atomic E-state index is 12.8. The summed E-state index contributed by atoms with van der Waals surface area (Å²) in [7, 11) is -3.51. The average molecular weight is 458 g/mol. The van der Waals surface area contributed by atoms with Gasteiger partial charge in [0.1, 0.15) is 0 Å². The molecule has 162 valence electrons. The number of hydrogen-bond acceptors (Lipinski definition) is 7. The zero-order chi connectivity index (χ0) is 21.8. The molecule has 0 aliphatic carbocycles. The van der Waals surface area contributed by atoms with Crippen molar-refractivity contribution < 1.29 is 13.2 Å². The van der Waals surface area contributed by atoms with Gasteiger partial charge in [-0.3, -0.25) is 14.7 Å². The van der Waals surface area contributed by atoms with Crippen LogP contribution < -0.4 is 5.32 Å². The van der Waals surface area contributed by atoms with Crippen LogP contribution in [-0.4, -0.2) is 66.2 Å². The number of piperazine rings is 1. The summed E-state index contributed by atoms with van der Waals surface area (Å²) >= 11 is 1.36. The van der Waals surface area contributed by atoms with E-state index in [0.29, 0.717) is 36.2 Å². The molecule has 8 nitrogen and oxygen atoms in total. The van der Waals surface area contributed by atoms with Gasteiger partial charge in [0.25, 0.3) is 0 Å². The van der Waals surface area contributed by atoms with Crippen LogP contribution in [0, 0.1) is 6.92 Å². The summed E-state index contributed by atoms with van der Waals surface area (Å²) in [5.74, 6) is -0.165. The van der Waals surface area contributed by atoms with Crippen molar-refractivity contribution in [2.75, 3.05) is 38.0 Å². The van der Waals surface area contributed by atoms with Gasteiger partial charge >= 0.3 is 0 Å². The molecule has 1 saturated heterocycles. The highest BCUT2D eigenvalue weighted by Gasteiger charge is 2.29. The second-order valence-corrected chi connectivity index (χ2v) is 10.1. The first-order valence-corrected chi connectivity index (χ1v) is 12.2. The van der Waals surface area contributed by atoms with Crippen LogP contribution >= 0.6 is 11.3 Å². The molecule has 0 atom stereocenters. The lowest BCUT2D eigenvalue weighted by molar-refractivity contribution is -0.117. The Balaban J connectivity index is 1.29. The fraction of sp³-hybridized carbons (Fsp3) is 0.286. The minimum Gasteiger partial charge on any atom is -0.301 e. The number of nitrogens with zero attached hydrogens (tertiary/aromatic N) is 4. The Morgan fingerprint density at radius 2 is 1.87 bits per heavy atom. The van der Waals surface area contributed by atoms with Crippen molar-refractivity contribution in [1.82, 2.24) is 19.2 Å². The molecule has 0 spiro atoms. The van der Waals surface area contributed by atoms with Crippen LogP contribution in [0.25, 0.3) is 11.3 Å². The first-order chi connectivity index (χ1) is 14.9. The Kier molecular flexibility index (Phi) is 6.42. The van der Waals surface area contributed by atoms with Crippen molar-refractivity contribution in [2.45, 2.75) is 11.8 Å². The molecule has 0 saturated carbocycles. The van der Waals surface area contributed by atoms with E-state index in [4.69, 9.17) is 0 Å². The number of nitrogens with one attached hydrogen (secondary N) is 1. The molecule has 1 aliphatic rings. The van der Waals surface area contributed by atoms with Crippen molar-refractivity contribution in [1.29, 1.82) is 0 Å². The topological polar surface area (TPSA) is 95.5 Å². The summed E-state index contributed by atoms with van der Waals surface area (Å²) in [4.78, 5) is 23.2. The number of hydrogen-bond donors (Lipinski definition) is 1. The van der Waals surface area contributed by atoms with Crippen LogP contribution in [0.3, 0.4) is 0 Å². The van der Waals surface area contributed by atoms with E-state index < -0.39 is 10.0 Å². The van der Waals surface area contributed by atoms with Gasteiger partial charge in [0, 0.05) is 49.5 Å². The predicted molar refractivity (Wildman–Crippen MR) is 120 cm³/mol. The van der Waals surface area contributed by atoms with E-state index in [1.54, 1.807) is 36.7 Å². The van der Waals surface area contributed by atoms with Crippen molar-refractivity contribution in [2.24, 2.45) is 0 Å². The highest BCUT2D eigenvalue weighted by Crippen LogP contribution is 2.24. The lowest BCUT2D eigenvalue weighted by atomic mass is 10.2. The molecule has 1 amide bonds. The van der Waals surface area contributed by atoms with Gasteiger partial charge < -0.3 is 5.32 Å². The lowest BCUT2D eigenvalue weighted by Crippen LogP contribution is -2.50. The van der Waals surface area contributed by atoms with Gasteiger partial charge in [0.05, 0.1) is 17.1 Å². The third kappa shape index (κ3) is 5.16. The molecule has 0 bridgehead atoms. The molecule has 0 unspecified atom stereocenters. The molecule has 1 fully saturated rings. The van der Waals surface area contributed by atoms with Crippen LogP contribution in [0.4, 0.5) is 5.13 Å². The van der Waals surface area contributed by atoms with E-state index in [1.165, 1.54) is 15.6 Å². The Morgan fingerprint density at radius 1 is 1.13 bits per heavy atom. The van der Waals surface area contributed by atoms with Gasteiger partial charge in [-0.2, -0.15) is 4.31 Å². The lowest BCUT2D eigenvalue weighted by Gasteiger charge is -2.33. The Bertz CT molecular complexity index is 1140. The normalized spacial score (nSPS) is 15.6. The number of carbonyl (C=O) groups is 1. The van der Waals surface area contributed by atoms with Crippen LogP contribution in [0.15, 0.2) is 59.1 Å². The van der Waals surface area contributed by atoms with Crippen molar-refractivity contribution in [3.8, 4) is 11.3 Å². The summed E-state index contributed by atoms with van der Waals surface area (Å²) in [6.07, 6.45) is 3.43. The zero-order valence-corrected chi connectivity index (χ0v) is 18.7. The predicted octanol–water partition coefficient (Wildman–Crippen LogP) is 2.46. The first-order valence-electron chi connectivity index (χ1n) is 9.87. The number of thiazole rings is 1. The van der Waals surface area contributed by atoms with Crippen molar-refractivity contribution in [3.05, 3.63) is 59.7 Å². The quantitative estimate of drug-likeness (QED) is 0.611. The van der Waals surface area contributed by atoms with E-state index in [1.807, 2.05) is 29.3 Å². The molecule has 31 heavy (non-hydrogen) atoms. The molecular weight excluding hydrogens is 434 g/mol. The molecule has 1 N–H and O–H groups in total. The van der Waals surface area contributed by atoms with Gasteiger partial charge in [-0.15, -0.1) is 11.3 Å². The van der Waals surface area contributed by atoms with Gasteiger partial charge in [0.2, 0.25) is 15.9 Å². The molecule has 0 radical (unpaired) electrons. The fourth-order valence-electron chi connectivity index (χ4n) is 3.33. The van der Waals surface area contributed by atoms with Crippen molar-refractivity contribution >= 4 is 32.4 Å². The smallest absolute Gasteiger partial charge is 0.243 e. The minimum atomic E-state index is -3.51. The van der Waals surface area contributed by atoms with E-state index in [9.17, 15) is 13.2 Å². The highest BCUT2D eigenvalue weighted by atomic mass is 32.2. The molecule has 3 heterocycles. The van der Waals surface area contributed by atoms with Gasteiger partial charge in [-0.05, 0) is 31.2 Å². The first kappa shape index (κ1) is 21.6. The summed E-state index contributed by atoms with van der Waals surface area (Å²) in [6, 6.07) is 10.6. The number of benzene rings is 1. The van der Waals surface area contributed by atoms with E-state index >= 15 is 0 Å². The molecule has 4 rings (SSSR count). The average Bonchev–Trinajstić information content (AvgIpc) is 3.23. The summed E-state index contributed by atoms with van der Waals surface area (Å²) in [5.41, 5.74) is 2.68. The highest BCUT2D eigenvalue weighted by molar-refractivity contribution is 7.89. The van der Waals surface area contributed by atoms with Gasteiger partial charge in [0.15, 0.2) is 5.13 Å². The zero-order valence-electron chi connectivity index (χ0n) is 17.1. The number of anilines is 1. The maximum absolute atomic E-state index is 12.8. The summed E-state index contributed by atoms with van der Waals surface area (Å²) in [6.45, 7) is 3.82. The molecule has 2 aromatic heterocycles. The maximum Gasteiger partial charge on any atom is 0.243 e.